The number of sulfonamides is 1. The summed E-state index contributed by atoms with van der Waals surface area (Å²) in [5.74, 6) is -0.257. The summed E-state index contributed by atoms with van der Waals surface area (Å²) in [6.07, 6.45) is 0.229. The lowest BCUT2D eigenvalue weighted by molar-refractivity contribution is 0.462. The molecule has 0 bridgehead atoms. The molecule has 1 aromatic rings. The fourth-order valence-corrected chi connectivity index (χ4v) is 6.54. The van der Waals surface area contributed by atoms with Gasteiger partial charge in [0.15, 0.2) is 9.84 Å². The predicted octanol–water partition coefficient (Wildman–Crippen LogP) is 1.85. The van der Waals surface area contributed by atoms with Gasteiger partial charge in [0.1, 0.15) is 4.90 Å². The second-order valence-corrected chi connectivity index (χ2v) is 9.68. The Morgan fingerprint density at radius 2 is 1.95 bits per heavy atom. The highest BCUT2D eigenvalue weighted by Gasteiger charge is 2.41. The van der Waals surface area contributed by atoms with Gasteiger partial charge in [0.25, 0.3) is 0 Å². The molecule has 2 rings (SSSR count). The number of nitrogens with one attached hydrogen (secondary N) is 1. The molecule has 0 aromatic heterocycles. The van der Waals surface area contributed by atoms with Crippen LogP contribution in [0.25, 0.3) is 0 Å². The molecule has 1 N–H and O–H groups in total. The minimum absolute atomic E-state index is 0.0324. The van der Waals surface area contributed by atoms with Crippen molar-refractivity contribution in [1.29, 1.82) is 0 Å². The van der Waals surface area contributed by atoms with Crippen LogP contribution >= 0.6 is 23.2 Å². The summed E-state index contributed by atoms with van der Waals surface area (Å²) in [6.45, 7) is 1.56. The van der Waals surface area contributed by atoms with E-state index in [9.17, 15) is 16.8 Å². The molecule has 1 aromatic carbocycles. The predicted molar refractivity (Wildman–Crippen MR) is 78.5 cm³/mol. The van der Waals surface area contributed by atoms with Crippen LogP contribution in [0.3, 0.4) is 0 Å². The topological polar surface area (TPSA) is 80.3 Å². The molecule has 1 heterocycles. The first-order valence-corrected chi connectivity index (χ1v) is 9.79. The first-order valence-electron chi connectivity index (χ1n) is 5.73. The van der Waals surface area contributed by atoms with E-state index in [-0.39, 0.29) is 32.9 Å². The Balaban J connectivity index is 2.36. The van der Waals surface area contributed by atoms with Crippen molar-refractivity contribution in [2.24, 2.45) is 0 Å². The molecule has 0 radical (unpaired) electrons. The Kier molecular flexibility index (Phi) is 4.12. The summed E-state index contributed by atoms with van der Waals surface area (Å²) in [5.41, 5.74) is -1.02. The van der Waals surface area contributed by atoms with Crippen LogP contribution in [0.1, 0.15) is 13.3 Å². The van der Waals surface area contributed by atoms with Crippen LogP contribution in [0.15, 0.2) is 23.1 Å². The number of rotatable bonds is 3. The molecule has 0 amide bonds. The highest BCUT2D eigenvalue weighted by atomic mass is 35.5. The summed E-state index contributed by atoms with van der Waals surface area (Å²) >= 11 is 11.7. The molecule has 0 aliphatic carbocycles. The Hall–Kier alpha value is -0.340. The molecule has 112 valence electrons. The monoisotopic (exact) mass is 357 g/mol. The average molecular weight is 358 g/mol. The van der Waals surface area contributed by atoms with Crippen LogP contribution in [0.5, 0.6) is 0 Å². The lowest BCUT2D eigenvalue weighted by Gasteiger charge is -2.23. The fraction of sp³-hybridized carbons (Fsp3) is 0.455. The zero-order valence-corrected chi connectivity index (χ0v) is 13.7. The van der Waals surface area contributed by atoms with E-state index in [1.165, 1.54) is 18.2 Å². The van der Waals surface area contributed by atoms with Gasteiger partial charge in [0.05, 0.1) is 21.6 Å². The van der Waals surface area contributed by atoms with Crippen LogP contribution in [-0.2, 0) is 19.9 Å². The van der Waals surface area contributed by atoms with Crippen molar-refractivity contribution in [1.82, 2.24) is 4.72 Å². The Morgan fingerprint density at radius 3 is 2.50 bits per heavy atom. The Labute approximate surface area is 128 Å². The Morgan fingerprint density at radius 1 is 1.30 bits per heavy atom. The van der Waals surface area contributed by atoms with Gasteiger partial charge >= 0.3 is 0 Å². The molecule has 1 atom stereocenters. The zero-order valence-electron chi connectivity index (χ0n) is 10.6. The van der Waals surface area contributed by atoms with Gasteiger partial charge < -0.3 is 0 Å². The molecule has 1 aliphatic rings. The molecule has 5 nitrogen and oxygen atoms in total. The van der Waals surface area contributed by atoms with E-state index in [0.29, 0.717) is 0 Å². The van der Waals surface area contributed by atoms with Crippen LogP contribution in [-0.4, -0.2) is 33.9 Å². The van der Waals surface area contributed by atoms with Gasteiger partial charge in [-0.3, -0.25) is 0 Å². The maximum atomic E-state index is 12.3. The lowest BCUT2D eigenvalue weighted by Crippen LogP contribution is -2.46. The molecule has 1 fully saturated rings. The highest BCUT2D eigenvalue weighted by Crippen LogP contribution is 2.31. The maximum absolute atomic E-state index is 12.3. The minimum atomic E-state index is -3.94. The molecule has 0 spiro atoms. The van der Waals surface area contributed by atoms with E-state index in [0.717, 1.165) is 0 Å². The quantitative estimate of drug-likeness (QED) is 0.894. The van der Waals surface area contributed by atoms with Crippen molar-refractivity contribution in [2.75, 3.05) is 11.5 Å². The van der Waals surface area contributed by atoms with E-state index in [1.54, 1.807) is 6.92 Å². The van der Waals surface area contributed by atoms with Gasteiger partial charge in [-0.1, -0.05) is 29.3 Å². The lowest BCUT2D eigenvalue weighted by atomic mass is 10.0. The highest BCUT2D eigenvalue weighted by molar-refractivity contribution is 7.92. The number of hydrogen-bond donors (Lipinski definition) is 1. The second-order valence-electron chi connectivity index (χ2n) is 5.06. The molecule has 20 heavy (non-hydrogen) atoms. The smallest absolute Gasteiger partial charge is 0.229 e. The van der Waals surface area contributed by atoms with Crippen LogP contribution in [0.4, 0.5) is 0 Å². The summed E-state index contributed by atoms with van der Waals surface area (Å²) in [7, 11) is -7.15. The van der Waals surface area contributed by atoms with E-state index in [2.05, 4.69) is 4.72 Å². The van der Waals surface area contributed by atoms with Crippen molar-refractivity contribution >= 4 is 43.1 Å². The van der Waals surface area contributed by atoms with Gasteiger partial charge in [0, 0.05) is 5.54 Å². The van der Waals surface area contributed by atoms with Crippen molar-refractivity contribution in [2.45, 2.75) is 23.8 Å². The van der Waals surface area contributed by atoms with Gasteiger partial charge in [-0.05, 0) is 25.5 Å². The zero-order chi connectivity index (χ0) is 15.2. The van der Waals surface area contributed by atoms with Gasteiger partial charge in [-0.15, -0.1) is 0 Å². The maximum Gasteiger partial charge on any atom is 0.242 e. The molecule has 9 heteroatoms. The normalized spacial score (nSPS) is 25.8. The van der Waals surface area contributed by atoms with E-state index in [4.69, 9.17) is 23.2 Å². The third kappa shape index (κ3) is 3.28. The SMILES string of the molecule is C[C@@]1(NS(=O)(=O)c2cccc(Cl)c2Cl)CCS(=O)(=O)C1. The summed E-state index contributed by atoms with van der Waals surface area (Å²) in [4.78, 5) is -0.155. The second kappa shape index (κ2) is 5.14. The number of benzene rings is 1. The van der Waals surface area contributed by atoms with Crippen LogP contribution < -0.4 is 4.72 Å². The first kappa shape index (κ1) is 16.0. The molecule has 0 saturated carbocycles. The van der Waals surface area contributed by atoms with Gasteiger partial charge in [-0.2, -0.15) is 0 Å². The largest absolute Gasteiger partial charge is 0.242 e. The van der Waals surface area contributed by atoms with E-state index in [1.807, 2.05) is 0 Å². The molecular weight excluding hydrogens is 345 g/mol. The van der Waals surface area contributed by atoms with Crippen molar-refractivity contribution in [3.8, 4) is 0 Å². The molecule has 1 saturated heterocycles. The Bertz CT molecular complexity index is 746. The third-order valence-corrected chi connectivity index (χ3v) is 7.60. The standard InChI is InChI=1S/C11H13Cl2NO4S2/c1-11(5-6-19(15,16)7-11)14-20(17,18)9-4-2-3-8(12)10(9)13/h2-4,14H,5-7H2,1H3/t11-/m1/s1. The van der Waals surface area contributed by atoms with E-state index >= 15 is 0 Å². The number of sulfone groups is 1. The van der Waals surface area contributed by atoms with Gasteiger partial charge in [-0.25, -0.2) is 21.6 Å². The van der Waals surface area contributed by atoms with E-state index < -0.39 is 25.4 Å². The van der Waals surface area contributed by atoms with Gasteiger partial charge in [0.2, 0.25) is 10.0 Å². The molecular formula is C11H13Cl2NO4S2. The van der Waals surface area contributed by atoms with Crippen LogP contribution in [0.2, 0.25) is 10.0 Å². The first-order chi connectivity index (χ1) is 9.05. The summed E-state index contributed by atoms with van der Waals surface area (Å²) in [5, 5.41) is 0.0462. The number of halogens is 2. The fourth-order valence-electron chi connectivity index (χ4n) is 2.16. The summed E-state index contributed by atoms with van der Waals surface area (Å²) in [6, 6.07) is 4.27. The third-order valence-electron chi connectivity index (χ3n) is 3.09. The van der Waals surface area contributed by atoms with Crippen molar-refractivity contribution in [3.63, 3.8) is 0 Å². The van der Waals surface area contributed by atoms with Crippen molar-refractivity contribution in [3.05, 3.63) is 28.2 Å². The number of hydrogen-bond acceptors (Lipinski definition) is 4. The van der Waals surface area contributed by atoms with Crippen molar-refractivity contribution < 1.29 is 16.8 Å². The molecule has 1 aliphatic heterocycles. The summed E-state index contributed by atoms with van der Waals surface area (Å²) < 4.78 is 50.1. The van der Waals surface area contributed by atoms with Crippen LogP contribution in [0, 0.1) is 0 Å². The minimum Gasteiger partial charge on any atom is -0.229 e. The molecule has 0 unspecified atom stereocenters. The average Bonchev–Trinajstić information content (AvgIpc) is 2.55.